The molecular weight excluding hydrogens is 267 g/mol. The quantitative estimate of drug-likeness (QED) is 0.840. The van der Waals surface area contributed by atoms with E-state index in [1.54, 1.807) is 0 Å². The van der Waals surface area contributed by atoms with Gasteiger partial charge in [0.2, 0.25) is 5.95 Å². The van der Waals surface area contributed by atoms with Crippen molar-refractivity contribution in [1.82, 2.24) is 4.98 Å². The van der Waals surface area contributed by atoms with Crippen molar-refractivity contribution in [2.24, 2.45) is 0 Å². The van der Waals surface area contributed by atoms with Gasteiger partial charge in [0.05, 0.1) is 4.47 Å². The molecule has 0 fully saturated rings. The van der Waals surface area contributed by atoms with Crippen molar-refractivity contribution in [3.05, 3.63) is 27.7 Å². The van der Waals surface area contributed by atoms with E-state index in [0.29, 0.717) is 6.07 Å². The molecule has 0 saturated heterocycles. The first-order chi connectivity index (χ1) is 6.43. The van der Waals surface area contributed by atoms with Crippen molar-refractivity contribution in [3.63, 3.8) is 0 Å². The maximum atomic E-state index is 12.8. The van der Waals surface area contributed by atoms with Crippen LogP contribution in [0.15, 0.2) is 10.5 Å². The summed E-state index contributed by atoms with van der Waals surface area (Å²) < 4.78 is 36.8. The summed E-state index contributed by atoms with van der Waals surface area (Å²) in [5, 5.41) is 8.42. The Morgan fingerprint density at radius 3 is 2.57 bits per heavy atom. The monoisotopic (exact) mass is 269 g/mol. The number of carboxylic acids is 1. The lowest BCUT2D eigenvalue weighted by Gasteiger charge is -2.04. The molecule has 1 aromatic rings. The zero-order valence-electron chi connectivity index (χ0n) is 6.47. The Kier molecular flexibility index (Phi) is 3.10. The van der Waals surface area contributed by atoms with E-state index in [2.05, 4.69) is 20.9 Å². The molecule has 1 N–H and O–H groups in total. The van der Waals surface area contributed by atoms with Crippen molar-refractivity contribution in [3.8, 4) is 0 Å². The van der Waals surface area contributed by atoms with E-state index in [9.17, 15) is 18.0 Å². The maximum Gasteiger partial charge on any atom is 0.354 e. The molecule has 0 aliphatic heterocycles. The number of carbonyl (C=O) groups is 1. The summed E-state index contributed by atoms with van der Waals surface area (Å²) in [7, 11) is 0. The average molecular weight is 270 g/mol. The van der Waals surface area contributed by atoms with Gasteiger partial charge in [-0.15, -0.1) is 0 Å². The summed E-state index contributed by atoms with van der Waals surface area (Å²) in [6.07, 6.45) is -2.96. The number of nitrogens with zero attached hydrogens (tertiary/aromatic N) is 1. The minimum atomic E-state index is -2.96. The fourth-order valence-corrected chi connectivity index (χ4v) is 1.16. The SMILES string of the molecule is O=C(O)c1cc(C(F)F)c(Br)c(F)n1. The topological polar surface area (TPSA) is 50.2 Å². The van der Waals surface area contributed by atoms with Crippen molar-refractivity contribution >= 4 is 21.9 Å². The Bertz CT molecular complexity index is 383. The molecule has 3 nitrogen and oxygen atoms in total. The van der Waals surface area contributed by atoms with Crippen LogP contribution in [0.2, 0.25) is 0 Å². The van der Waals surface area contributed by atoms with Crippen LogP contribution in [0.5, 0.6) is 0 Å². The van der Waals surface area contributed by atoms with Gasteiger partial charge in [0.25, 0.3) is 6.43 Å². The molecule has 1 heterocycles. The van der Waals surface area contributed by atoms with Crippen LogP contribution in [0.25, 0.3) is 0 Å². The number of aromatic carboxylic acids is 1. The zero-order valence-corrected chi connectivity index (χ0v) is 8.06. The molecule has 1 rings (SSSR count). The van der Waals surface area contributed by atoms with Crippen LogP contribution in [0.1, 0.15) is 22.5 Å². The zero-order chi connectivity index (χ0) is 10.9. The minimum absolute atomic E-state index is 0.516. The molecule has 0 unspecified atom stereocenters. The molecule has 0 aliphatic rings. The smallest absolute Gasteiger partial charge is 0.354 e. The molecule has 0 aliphatic carbocycles. The second-order valence-electron chi connectivity index (χ2n) is 2.31. The molecule has 76 valence electrons. The first-order valence-electron chi connectivity index (χ1n) is 3.31. The van der Waals surface area contributed by atoms with Crippen LogP contribution in [0, 0.1) is 5.95 Å². The van der Waals surface area contributed by atoms with Crippen molar-refractivity contribution in [2.75, 3.05) is 0 Å². The summed E-state index contributed by atoms with van der Waals surface area (Å²) in [4.78, 5) is 13.3. The molecule has 0 radical (unpaired) electrons. The van der Waals surface area contributed by atoms with Crippen molar-refractivity contribution in [2.45, 2.75) is 6.43 Å². The lowest BCUT2D eigenvalue weighted by atomic mass is 10.2. The second kappa shape index (κ2) is 3.95. The first kappa shape index (κ1) is 11.0. The van der Waals surface area contributed by atoms with E-state index >= 15 is 0 Å². The second-order valence-corrected chi connectivity index (χ2v) is 3.10. The Balaban J connectivity index is 3.35. The highest BCUT2D eigenvalue weighted by Gasteiger charge is 2.19. The predicted molar refractivity (Wildman–Crippen MR) is 43.8 cm³/mol. The molecule has 14 heavy (non-hydrogen) atoms. The standard InChI is InChI=1S/C7H3BrF3NO2/c8-4-2(5(9)10)1-3(7(13)14)12-6(4)11/h1,5H,(H,13,14). The highest BCUT2D eigenvalue weighted by Crippen LogP contribution is 2.29. The van der Waals surface area contributed by atoms with Crippen LogP contribution in [0.3, 0.4) is 0 Å². The molecule has 0 aromatic carbocycles. The van der Waals surface area contributed by atoms with Crippen LogP contribution < -0.4 is 0 Å². The molecule has 0 saturated carbocycles. The number of rotatable bonds is 2. The summed E-state index contributed by atoms with van der Waals surface area (Å²) in [5.41, 5.74) is -1.48. The normalized spacial score (nSPS) is 10.6. The van der Waals surface area contributed by atoms with Gasteiger partial charge in [-0.3, -0.25) is 0 Å². The lowest BCUT2D eigenvalue weighted by molar-refractivity contribution is 0.0688. The van der Waals surface area contributed by atoms with Gasteiger partial charge < -0.3 is 5.11 Å². The van der Waals surface area contributed by atoms with E-state index in [-0.39, 0.29) is 0 Å². The van der Waals surface area contributed by atoms with E-state index in [1.807, 2.05) is 0 Å². The fourth-order valence-electron chi connectivity index (χ4n) is 0.785. The maximum absolute atomic E-state index is 12.8. The van der Waals surface area contributed by atoms with Gasteiger partial charge in [0.1, 0.15) is 0 Å². The third-order valence-corrected chi connectivity index (χ3v) is 2.18. The number of halogens is 4. The predicted octanol–water partition coefficient (Wildman–Crippen LogP) is 2.62. The van der Waals surface area contributed by atoms with Crippen LogP contribution in [0.4, 0.5) is 13.2 Å². The highest BCUT2D eigenvalue weighted by molar-refractivity contribution is 9.10. The lowest BCUT2D eigenvalue weighted by Crippen LogP contribution is -2.05. The van der Waals surface area contributed by atoms with Crippen LogP contribution in [-0.4, -0.2) is 16.1 Å². The number of aromatic nitrogens is 1. The van der Waals surface area contributed by atoms with E-state index < -0.39 is 34.1 Å². The molecular formula is C7H3BrF3NO2. The Morgan fingerprint density at radius 1 is 1.57 bits per heavy atom. The largest absolute Gasteiger partial charge is 0.477 e. The van der Waals surface area contributed by atoms with Crippen LogP contribution in [-0.2, 0) is 0 Å². The third kappa shape index (κ3) is 2.03. The number of carboxylic acid groups (broad SMARTS) is 1. The van der Waals surface area contributed by atoms with E-state index in [4.69, 9.17) is 5.11 Å². The van der Waals surface area contributed by atoms with Crippen molar-refractivity contribution in [1.29, 1.82) is 0 Å². The number of alkyl halides is 2. The summed E-state index contributed by atoms with van der Waals surface area (Å²) in [6, 6.07) is 0.625. The molecule has 0 spiro atoms. The van der Waals surface area contributed by atoms with Gasteiger partial charge in [-0.25, -0.2) is 18.6 Å². The van der Waals surface area contributed by atoms with E-state index in [0.717, 1.165) is 0 Å². The number of hydrogen-bond acceptors (Lipinski definition) is 2. The molecule has 1 aromatic heterocycles. The number of hydrogen-bond donors (Lipinski definition) is 1. The first-order valence-corrected chi connectivity index (χ1v) is 4.10. The summed E-state index contributed by atoms with van der Waals surface area (Å²) >= 11 is 2.55. The summed E-state index contributed by atoms with van der Waals surface area (Å²) in [6.45, 7) is 0. The van der Waals surface area contributed by atoms with Crippen LogP contribution >= 0.6 is 15.9 Å². The number of pyridine rings is 1. The van der Waals surface area contributed by atoms with Gasteiger partial charge in [-0.1, -0.05) is 0 Å². The van der Waals surface area contributed by atoms with Gasteiger partial charge in [0, 0.05) is 5.56 Å². The van der Waals surface area contributed by atoms with Gasteiger partial charge in [0.15, 0.2) is 5.69 Å². The molecule has 7 heteroatoms. The molecule has 0 bridgehead atoms. The molecule has 0 amide bonds. The van der Waals surface area contributed by atoms with Crippen molar-refractivity contribution < 1.29 is 23.1 Å². The van der Waals surface area contributed by atoms with Gasteiger partial charge >= 0.3 is 5.97 Å². The third-order valence-electron chi connectivity index (χ3n) is 1.40. The Labute approximate surface area is 84.7 Å². The average Bonchev–Trinajstić information content (AvgIpc) is 2.08. The van der Waals surface area contributed by atoms with E-state index in [1.165, 1.54) is 0 Å². The highest BCUT2D eigenvalue weighted by atomic mass is 79.9. The van der Waals surface area contributed by atoms with Gasteiger partial charge in [-0.2, -0.15) is 4.39 Å². The van der Waals surface area contributed by atoms with Gasteiger partial charge in [-0.05, 0) is 22.0 Å². The summed E-state index contributed by atoms with van der Waals surface area (Å²) in [5.74, 6) is -2.82. The minimum Gasteiger partial charge on any atom is -0.477 e. The Hall–Kier alpha value is -1.11. The fraction of sp³-hybridized carbons (Fsp3) is 0.143. The molecule has 0 atom stereocenters. The Morgan fingerprint density at radius 2 is 2.14 bits per heavy atom.